The van der Waals surface area contributed by atoms with Crippen LogP contribution in [0.2, 0.25) is 0 Å². The normalized spacial score (nSPS) is 13.8. The van der Waals surface area contributed by atoms with E-state index in [1.54, 1.807) is 23.5 Å². The quantitative estimate of drug-likeness (QED) is 0.161. The molecule has 0 atom stereocenters. The van der Waals surface area contributed by atoms with E-state index >= 15 is 0 Å². The van der Waals surface area contributed by atoms with Crippen LogP contribution >= 0.6 is 11.3 Å². The summed E-state index contributed by atoms with van der Waals surface area (Å²) in [4.78, 5) is 15.4. The third-order valence-electron chi connectivity index (χ3n) is 12.2. The molecule has 0 saturated carbocycles. The Balaban J connectivity index is 1.02. The van der Waals surface area contributed by atoms with Crippen LogP contribution in [0.4, 0.5) is 0 Å². The molecule has 3 nitrogen and oxygen atoms in total. The van der Waals surface area contributed by atoms with Crippen molar-refractivity contribution in [2.24, 2.45) is 0 Å². The number of aromatic nitrogens is 3. The minimum absolute atomic E-state index is 0.0852. The molecular weight excluding hydrogens is 771 g/mol. The van der Waals surface area contributed by atoms with Gasteiger partial charge in [-0.3, -0.25) is 0 Å². The number of benzene rings is 9. The predicted octanol–water partition coefficient (Wildman–Crippen LogP) is 14.9. The van der Waals surface area contributed by atoms with Crippen molar-refractivity contribution in [1.29, 1.82) is 0 Å². The molecule has 0 amide bonds. The molecule has 11 aromatic rings. The summed E-state index contributed by atoms with van der Waals surface area (Å²) in [5.41, 5.74) is 11.6. The summed E-state index contributed by atoms with van der Waals surface area (Å²) in [5, 5.41) is 2.26. The Kier molecular flexibility index (Phi) is 7.40. The zero-order valence-corrected chi connectivity index (χ0v) is 34.0. The first-order chi connectivity index (χ1) is 32.8. The lowest BCUT2D eigenvalue weighted by atomic mass is 9.67. The van der Waals surface area contributed by atoms with Crippen LogP contribution in [0.3, 0.4) is 0 Å². The van der Waals surface area contributed by atoms with Gasteiger partial charge in [-0.1, -0.05) is 206 Å². The maximum Gasteiger partial charge on any atom is 0.165 e. The van der Waals surface area contributed by atoms with Gasteiger partial charge in [0.15, 0.2) is 17.5 Å². The predicted molar refractivity (Wildman–Crippen MR) is 257 cm³/mol. The SMILES string of the molecule is [2H]c1c([2H])c([2H])c(-c2ccccc2-c2nc(-c3ccc(-c4ccc5c(c4)C(c4ccccc4)(c4ccccc4)c4ccccc4-5)cc3)nc(-c3cccc4c3sc3ccccc34)n2)c([2H])c1[2H]. The zero-order chi connectivity index (χ0) is 45.4. The van der Waals surface area contributed by atoms with E-state index in [1.165, 1.54) is 33.4 Å². The van der Waals surface area contributed by atoms with Crippen LogP contribution in [0.5, 0.6) is 0 Å². The van der Waals surface area contributed by atoms with Crippen molar-refractivity contribution in [3.63, 3.8) is 0 Å². The van der Waals surface area contributed by atoms with Crippen LogP contribution in [0, 0.1) is 0 Å². The summed E-state index contributed by atoms with van der Waals surface area (Å²) < 4.78 is 45.2. The molecule has 0 saturated heterocycles. The third kappa shape index (κ3) is 5.76. The summed E-state index contributed by atoms with van der Waals surface area (Å²) in [7, 11) is 0. The number of nitrogens with zero attached hydrogens (tertiary/aromatic N) is 3. The monoisotopic (exact) mass is 812 g/mol. The van der Waals surface area contributed by atoms with Gasteiger partial charge in [-0.05, 0) is 73.8 Å². The van der Waals surface area contributed by atoms with Crippen LogP contribution < -0.4 is 0 Å². The van der Waals surface area contributed by atoms with Crippen LogP contribution in [0.25, 0.3) is 87.7 Å². The standard InChI is InChI=1S/C58H37N3S/c1-4-17-39(18-5-1)44-23-10-11-26-49(44)56-59-55(60-57(61-56)50-28-16-27-48-47-25-13-15-30-53(47)62-54(48)50)40-33-31-38(32-34-40)41-35-36-46-45-24-12-14-29-51(45)58(52(46)37-41,42-19-6-2-7-20-42)43-21-8-3-9-22-43/h1-37H/i1D,4D,5D,17D,18D. The second-order valence-corrected chi connectivity index (χ2v) is 16.5. The molecule has 1 aliphatic rings. The average molecular weight is 813 g/mol. The number of fused-ring (bicyclic) bond motifs is 6. The summed E-state index contributed by atoms with van der Waals surface area (Å²) >= 11 is 1.69. The fourth-order valence-electron chi connectivity index (χ4n) is 9.39. The van der Waals surface area contributed by atoms with Crippen molar-refractivity contribution in [1.82, 2.24) is 15.0 Å². The molecule has 9 aromatic carbocycles. The Bertz CT molecular complexity index is 3690. The average Bonchev–Trinajstić information content (AvgIpc) is 3.92. The lowest BCUT2D eigenvalue weighted by Gasteiger charge is -2.34. The molecule has 0 aliphatic heterocycles. The number of hydrogen-bond donors (Lipinski definition) is 0. The molecule has 0 spiro atoms. The summed E-state index contributed by atoms with van der Waals surface area (Å²) in [6.45, 7) is 0. The Labute approximate surface area is 371 Å². The highest BCUT2D eigenvalue weighted by molar-refractivity contribution is 7.26. The highest BCUT2D eigenvalue weighted by atomic mass is 32.1. The second-order valence-electron chi connectivity index (χ2n) is 15.5. The molecule has 4 heteroatoms. The van der Waals surface area contributed by atoms with E-state index in [9.17, 15) is 0 Å². The molecule has 62 heavy (non-hydrogen) atoms. The van der Waals surface area contributed by atoms with E-state index in [0.717, 1.165) is 42.4 Å². The first kappa shape index (κ1) is 31.1. The molecule has 290 valence electrons. The molecule has 0 fully saturated rings. The highest BCUT2D eigenvalue weighted by Gasteiger charge is 2.46. The van der Waals surface area contributed by atoms with Gasteiger partial charge in [0.1, 0.15) is 0 Å². The molecule has 0 radical (unpaired) electrons. The fourth-order valence-corrected chi connectivity index (χ4v) is 10.6. The zero-order valence-electron chi connectivity index (χ0n) is 38.2. The summed E-state index contributed by atoms with van der Waals surface area (Å²) in [6, 6.07) is 65.4. The van der Waals surface area contributed by atoms with Crippen molar-refractivity contribution >= 4 is 31.5 Å². The van der Waals surface area contributed by atoms with Gasteiger partial charge < -0.3 is 0 Å². The van der Waals surface area contributed by atoms with Crippen LogP contribution in [0.1, 0.15) is 29.1 Å². The Morgan fingerprint density at radius 2 is 0.919 bits per heavy atom. The maximum absolute atomic E-state index is 8.88. The van der Waals surface area contributed by atoms with Crippen molar-refractivity contribution in [3.8, 4) is 67.5 Å². The van der Waals surface area contributed by atoms with Crippen molar-refractivity contribution in [2.75, 3.05) is 0 Å². The Hall–Kier alpha value is -7.79. The van der Waals surface area contributed by atoms with Gasteiger partial charge in [0.25, 0.3) is 0 Å². The van der Waals surface area contributed by atoms with Gasteiger partial charge >= 0.3 is 0 Å². The van der Waals surface area contributed by atoms with Gasteiger partial charge in [0.05, 0.1) is 12.3 Å². The summed E-state index contributed by atoms with van der Waals surface area (Å²) in [6.07, 6.45) is 0. The first-order valence-electron chi connectivity index (χ1n) is 23.1. The van der Waals surface area contributed by atoms with Crippen LogP contribution in [0.15, 0.2) is 224 Å². The van der Waals surface area contributed by atoms with Crippen molar-refractivity contribution in [3.05, 3.63) is 247 Å². The van der Waals surface area contributed by atoms with Gasteiger partial charge in [-0.25, -0.2) is 15.0 Å². The smallest absolute Gasteiger partial charge is 0.165 e. The lowest BCUT2D eigenvalue weighted by molar-refractivity contribution is 0.769. The van der Waals surface area contributed by atoms with E-state index in [2.05, 4.69) is 133 Å². The maximum atomic E-state index is 8.88. The van der Waals surface area contributed by atoms with Crippen LogP contribution in [-0.2, 0) is 5.41 Å². The minimum Gasteiger partial charge on any atom is -0.208 e. The van der Waals surface area contributed by atoms with Gasteiger partial charge in [-0.15, -0.1) is 11.3 Å². The summed E-state index contributed by atoms with van der Waals surface area (Å²) in [5.74, 6) is 1.23. The highest BCUT2D eigenvalue weighted by Crippen LogP contribution is 2.56. The Morgan fingerprint density at radius 3 is 1.68 bits per heavy atom. The molecule has 2 aromatic heterocycles. The number of rotatable bonds is 7. The third-order valence-corrected chi connectivity index (χ3v) is 13.4. The first-order valence-corrected chi connectivity index (χ1v) is 21.4. The number of thiophene rings is 1. The molecule has 0 N–H and O–H groups in total. The van der Waals surface area contributed by atoms with Gasteiger partial charge in [-0.2, -0.15) is 0 Å². The van der Waals surface area contributed by atoms with E-state index in [0.29, 0.717) is 28.6 Å². The van der Waals surface area contributed by atoms with E-state index in [4.69, 9.17) is 21.8 Å². The second kappa shape index (κ2) is 14.7. The fraction of sp³-hybridized carbons (Fsp3) is 0.0172. The molecule has 12 rings (SSSR count). The van der Waals surface area contributed by atoms with Crippen molar-refractivity contribution < 1.29 is 6.85 Å². The Morgan fingerprint density at radius 1 is 0.371 bits per heavy atom. The van der Waals surface area contributed by atoms with Gasteiger partial charge in [0.2, 0.25) is 0 Å². The molecule has 0 bridgehead atoms. The topological polar surface area (TPSA) is 38.7 Å². The number of hydrogen-bond acceptors (Lipinski definition) is 4. The van der Waals surface area contributed by atoms with Crippen molar-refractivity contribution in [2.45, 2.75) is 5.41 Å². The molecular formula is C58H37N3S. The van der Waals surface area contributed by atoms with E-state index in [1.807, 2.05) is 48.5 Å². The molecule has 1 aliphatic carbocycles. The molecule has 2 heterocycles. The largest absolute Gasteiger partial charge is 0.208 e. The van der Waals surface area contributed by atoms with E-state index < -0.39 is 23.5 Å². The minimum atomic E-state index is -0.523. The lowest BCUT2D eigenvalue weighted by Crippen LogP contribution is -2.28. The van der Waals surface area contributed by atoms with E-state index in [-0.39, 0.29) is 17.6 Å². The van der Waals surface area contributed by atoms with Crippen LogP contribution in [-0.4, -0.2) is 15.0 Å². The van der Waals surface area contributed by atoms with Gasteiger partial charge in [0, 0.05) is 36.9 Å². The molecule has 0 unspecified atom stereocenters.